The molecule has 0 aliphatic heterocycles. The number of nitrogens with zero attached hydrogens (tertiary/aromatic N) is 1. The third kappa shape index (κ3) is 4.15. The molecule has 0 saturated heterocycles. The van der Waals surface area contributed by atoms with Gasteiger partial charge in [0.05, 0.1) is 11.1 Å². The first-order valence-corrected chi connectivity index (χ1v) is 8.72. The SMILES string of the molecule is CC(C)CNCc1cnoc1-c1ccc(S(C)(=O)=O)cc1. The van der Waals surface area contributed by atoms with Gasteiger partial charge in [0.2, 0.25) is 0 Å². The molecule has 2 rings (SSSR count). The van der Waals surface area contributed by atoms with E-state index in [0.717, 1.165) is 17.7 Å². The molecule has 2 aromatic rings. The van der Waals surface area contributed by atoms with Crippen molar-refractivity contribution < 1.29 is 12.9 Å². The molecule has 0 aliphatic carbocycles. The van der Waals surface area contributed by atoms with Crippen molar-refractivity contribution >= 4 is 9.84 Å². The molecule has 0 saturated carbocycles. The fourth-order valence-electron chi connectivity index (χ4n) is 1.97. The van der Waals surface area contributed by atoms with Crippen LogP contribution < -0.4 is 5.32 Å². The monoisotopic (exact) mass is 308 g/mol. The van der Waals surface area contributed by atoms with Gasteiger partial charge in [-0.15, -0.1) is 0 Å². The van der Waals surface area contributed by atoms with Crippen molar-refractivity contribution in [2.45, 2.75) is 25.3 Å². The zero-order chi connectivity index (χ0) is 15.5. The van der Waals surface area contributed by atoms with Crippen molar-refractivity contribution in [2.24, 2.45) is 5.92 Å². The molecule has 0 aliphatic rings. The predicted octanol–water partition coefficient (Wildman–Crippen LogP) is 2.49. The molecule has 1 N–H and O–H groups in total. The van der Waals surface area contributed by atoms with Crippen molar-refractivity contribution in [1.29, 1.82) is 0 Å². The third-order valence-electron chi connectivity index (χ3n) is 3.06. The third-order valence-corrected chi connectivity index (χ3v) is 4.19. The van der Waals surface area contributed by atoms with E-state index in [-0.39, 0.29) is 0 Å². The number of sulfone groups is 1. The highest BCUT2D eigenvalue weighted by atomic mass is 32.2. The zero-order valence-corrected chi connectivity index (χ0v) is 13.3. The van der Waals surface area contributed by atoms with Crippen LogP contribution in [0.3, 0.4) is 0 Å². The Balaban J connectivity index is 2.17. The summed E-state index contributed by atoms with van der Waals surface area (Å²) in [6.07, 6.45) is 2.88. The van der Waals surface area contributed by atoms with Crippen molar-refractivity contribution in [3.05, 3.63) is 36.0 Å². The molecule has 6 heteroatoms. The topological polar surface area (TPSA) is 72.2 Å². The van der Waals surface area contributed by atoms with Gasteiger partial charge in [0.25, 0.3) is 0 Å². The molecule has 21 heavy (non-hydrogen) atoms. The smallest absolute Gasteiger partial charge is 0.175 e. The Kier molecular flexibility index (Phi) is 4.80. The minimum absolute atomic E-state index is 0.297. The summed E-state index contributed by atoms with van der Waals surface area (Å²) >= 11 is 0. The summed E-state index contributed by atoms with van der Waals surface area (Å²) in [6, 6.07) is 6.64. The lowest BCUT2D eigenvalue weighted by Gasteiger charge is -2.07. The second kappa shape index (κ2) is 6.41. The maximum absolute atomic E-state index is 11.5. The van der Waals surface area contributed by atoms with Crippen LogP contribution in [-0.4, -0.2) is 26.4 Å². The molecule has 114 valence electrons. The second-order valence-corrected chi connectivity index (χ2v) is 7.52. The van der Waals surface area contributed by atoms with Crippen LogP contribution in [-0.2, 0) is 16.4 Å². The summed E-state index contributed by atoms with van der Waals surface area (Å²) in [5.74, 6) is 1.24. The number of nitrogens with one attached hydrogen (secondary N) is 1. The fourth-order valence-corrected chi connectivity index (χ4v) is 2.60. The van der Waals surface area contributed by atoms with E-state index in [1.807, 2.05) is 0 Å². The normalized spacial score (nSPS) is 12.0. The predicted molar refractivity (Wildman–Crippen MR) is 81.6 cm³/mol. The van der Waals surface area contributed by atoms with Crippen molar-refractivity contribution in [3.63, 3.8) is 0 Å². The van der Waals surface area contributed by atoms with E-state index in [2.05, 4.69) is 24.3 Å². The highest BCUT2D eigenvalue weighted by Crippen LogP contribution is 2.24. The summed E-state index contributed by atoms with van der Waals surface area (Å²) < 4.78 is 28.2. The summed E-state index contributed by atoms with van der Waals surface area (Å²) in [5.41, 5.74) is 1.78. The van der Waals surface area contributed by atoms with Gasteiger partial charge in [0, 0.05) is 23.9 Å². The quantitative estimate of drug-likeness (QED) is 0.887. The highest BCUT2D eigenvalue weighted by Gasteiger charge is 2.12. The Morgan fingerprint density at radius 1 is 1.24 bits per heavy atom. The summed E-state index contributed by atoms with van der Waals surface area (Å²) in [6.45, 7) is 5.87. The van der Waals surface area contributed by atoms with Gasteiger partial charge in [-0.2, -0.15) is 0 Å². The van der Waals surface area contributed by atoms with Crippen LogP contribution >= 0.6 is 0 Å². The summed E-state index contributed by atoms with van der Waals surface area (Å²) in [4.78, 5) is 0.297. The van der Waals surface area contributed by atoms with Crippen LogP contribution in [0.5, 0.6) is 0 Å². The van der Waals surface area contributed by atoms with E-state index >= 15 is 0 Å². The Labute approximate surface area is 125 Å². The number of rotatable bonds is 6. The molecule has 0 spiro atoms. The molecule has 0 unspecified atom stereocenters. The molecule has 0 bridgehead atoms. The average molecular weight is 308 g/mol. The number of benzene rings is 1. The fraction of sp³-hybridized carbons (Fsp3) is 0.400. The molecule has 0 radical (unpaired) electrons. The van der Waals surface area contributed by atoms with E-state index in [1.54, 1.807) is 30.5 Å². The molecule has 0 amide bonds. The first-order chi connectivity index (χ1) is 9.88. The number of hydrogen-bond acceptors (Lipinski definition) is 5. The molecule has 0 fully saturated rings. The van der Waals surface area contributed by atoms with Crippen molar-refractivity contribution in [2.75, 3.05) is 12.8 Å². The minimum atomic E-state index is -3.18. The lowest BCUT2D eigenvalue weighted by Crippen LogP contribution is -2.18. The molecule has 1 aromatic heterocycles. The Bertz CT molecular complexity index is 688. The van der Waals surface area contributed by atoms with Gasteiger partial charge in [0.15, 0.2) is 15.6 Å². The second-order valence-electron chi connectivity index (χ2n) is 5.50. The van der Waals surface area contributed by atoms with E-state index < -0.39 is 9.84 Å². The van der Waals surface area contributed by atoms with Crippen LogP contribution in [0, 0.1) is 5.92 Å². The largest absolute Gasteiger partial charge is 0.356 e. The lowest BCUT2D eigenvalue weighted by molar-refractivity contribution is 0.431. The van der Waals surface area contributed by atoms with Gasteiger partial charge >= 0.3 is 0 Å². The first kappa shape index (κ1) is 15.7. The maximum Gasteiger partial charge on any atom is 0.175 e. The number of aromatic nitrogens is 1. The zero-order valence-electron chi connectivity index (χ0n) is 12.5. The first-order valence-electron chi connectivity index (χ1n) is 6.82. The minimum Gasteiger partial charge on any atom is -0.356 e. The summed E-state index contributed by atoms with van der Waals surface area (Å²) in [7, 11) is -3.18. The Morgan fingerprint density at radius 2 is 1.90 bits per heavy atom. The van der Waals surface area contributed by atoms with Crippen LogP contribution in [0.4, 0.5) is 0 Å². The van der Waals surface area contributed by atoms with E-state index in [0.29, 0.717) is 23.1 Å². The summed E-state index contributed by atoms with van der Waals surface area (Å²) in [5, 5.41) is 7.17. The van der Waals surface area contributed by atoms with Crippen LogP contribution in [0.15, 0.2) is 39.9 Å². The Morgan fingerprint density at radius 3 is 2.48 bits per heavy atom. The van der Waals surface area contributed by atoms with Gasteiger partial charge in [0.1, 0.15) is 0 Å². The molecular formula is C15H20N2O3S. The average Bonchev–Trinajstić information content (AvgIpc) is 2.86. The maximum atomic E-state index is 11.5. The van der Waals surface area contributed by atoms with Gasteiger partial charge in [-0.1, -0.05) is 19.0 Å². The van der Waals surface area contributed by atoms with Crippen LogP contribution in [0.1, 0.15) is 19.4 Å². The van der Waals surface area contributed by atoms with Gasteiger partial charge < -0.3 is 9.84 Å². The van der Waals surface area contributed by atoms with Crippen LogP contribution in [0.2, 0.25) is 0 Å². The molecule has 5 nitrogen and oxygen atoms in total. The van der Waals surface area contributed by atoms with Gasteiger partial charge in [-0.05, 0) is 36.7 Å². The van der Waals surface area contributed by atoms with E-state index in [1.165, 1.54) is 6.26 Å². The van der Waals surface area contributed by atoms with Crippen molar-refractivity contribution in [3.8, 4) is 11.3 Å². The molecule has 0 atom stereocenters. The number of hydrogen-bond donors (Lipinski definition) is 1. The van der Waals surface area contributed by atoms with Gasteiger partial charge in [-0.3, -0.25) is 0 Å². The standard InChI is InChI=1S/C15H20N2O3S/c1-11(2)8-16-9-13-10-17-20-15(13)12-4-6-14(7-5-12)21(3,18)19/h4-7,10-11,16H,8-9H2,1-3H3. The molecule has 1 aromatic carbocycles. The van der Waals surface area contributed by atoms with Gasteiger partial charge in [-0.25, -0.2) is 8.42 Å². The van der Waals surface area contributed by atoms with E-state index in [4.69, 9.17) is 4.52 Å². The molecular weight excluding hydrogens is 288 g/mol. The highest BCUT2D eigenvalue weighted by molar-refractivity contribution is 7.90. The van der Waals surface area contributed by atoms with E-state index in [9.17, 15) is 8.42 Å². The van der Waals surface area contributed by atoms with Crippen LogP contribution in [0.25, 0.3) is 11.3 Å². The Hall–Kier alpha value is -1.66. The lowest BCUT2D eigenvalue weighted by atomic mass is 10.1. The molecule has 1 heterocycles. The van der Waals surface area contributed by atoms with Crippen molar-refractivity contribution in [1.82, 2.24) is 10.5 Å².